The standard InChI is InChI=1S/C18H14Br2O3S/c1-13(21)12-18(15-4-8-17(20)9-5-15)24(22,23)11-10-14-2-6-16(19)7-3-14/h2-12H,1H3/b11-10?,18-12-. The monoisotopic (exact) mass is 468 g/mol. The Morgan fingerprint density at radius 2 is 1.42 bits per heavy atom. The zero-order chi connectivity index (χ0) is 17.7. The van der Waals surface area contributed by atoms with Crippen LogP contribution in [0.15, 0.2) is 69.0 Å². The predicted octanol–water partition coefficient (Wildman–Crippen LogP) is 5.23. The lowest BCUT2D eigenvalue weighted by molar-refractivity contribution is -0.112. The highest BCUT2D eigenvalue weighted by Crippen LogP contribution is 2.25. The first-order chi connectivity index (χ1) is 11.3. The number of carbonyl (C=O) groups excluding carboxylic acids is 1. The summed E-state index contributed by atoms with van der Waals surface area (Å²) in [4.78, 5) is 11.5. The average Bonchev–Trinajstić information content (AvgIpc) is 2.53. The summed E-state index contributed by atoms with van der Waals surface area (Å²) in [5.41, 5.74) is 1.22. The number of sulfone groups is 1. The number of hydrogen-bond acceptors (Lipinski definition) is 3. The molecule has 0 heterocycles. The molecule has 2 aromatic carbocycles. The summed E-state index contributed by atoms with van der Waals surface area (Å²) >= 11 is 6.64. The smallest absolute Gasteiger partial charge is 0.200 e. The molecule has 0 fully saturated rings. The fraction of sp³-hybridized carbons (Fsp3) is 0.0556. The van der Waals surface area contributed by atoms with E-state index in [1.807, 2.05) is 12.1 Å². The fourth-order valence-electron chi connectivity index (χ4n) is 1.94. The van der Waals surface area contributed by atoms with Crippen molar-refractivity contribution in [1.82, 2.24) is 0 Å². The van der Waals surface area contributed by atoms with Gasteiger partial charge in [-0.15, -0.1) is 0 Å². The van der Waals surface area contributed by atoms with Crippen molar-refractivity contribution < 1.29 is 13.2 Å². The van der Waals surface area contributed by atoms with Gasteiger partial charge in [0.1, 0.15) is 0 Å². The Morgan fingerprint density at radius 3 is 1.92 bits per heavy atom. The summed E-state index contributed by atoms with van der Waals surface area (Å²) in [6.07, 6.45) is 2.65. The summed E-state index contributed by atoms with van der Waals surface area (Å²) in [7, 11) is -3.76. The van der Waals surface area contributed by atoms with Gasteiger partial charge in [-0.2, -0.15) is 0 Å². The van der Waals surface area contributed by atoms with Crippen LogP contribution < -0.4 is 0 Å². The molecule has 0 unspecified atom stereocenters. The topological polar surface area (TPSA) is 51.2 Å². The fourth-order valence-corrected chi connectivity index (χ4v) is 3.75. The molecule has 2 aromatic rings. The maximum atomic E-state index is 12.7. The molecule has 0 aliphatic rings. The molecule has 0 amide bonds. The van der Waals surface area contributed by atoms with Gasteiger partial charge in [0.25, 0.3) is 0 Å². The molecule has 0 spiro atoms. The van der Waals surface area contributed by atoms with Crippen LogP contribution in [0.2, 0.25) is 0 Å². The predicted molar refractivity (Wildman–Crippen MR) is 105 cm³/mol. The number of carbonyl (C=O) groups is 1. The second-order valence-electron chi connectivity index (χ2n) is 5.03. The van der Waals surface area contributed by atoms with Crippen LogP contribution in [-0.2, 0) is 14.6 Å². The van der Waals surface area contributed by atoms with Gasteiger partial charge in [0, 0.05) is 20.4 Å². The van der Waals surface area contributed by atoms with Crippen molar-refractivity contribution in [3.05, 3.63) is 80.1 Å². The Balaban J connectivity index is 2.42. The first kappa shape index (κ1) is 18.8. The van der Waals surface area contributed by atoms with E-state index in [1.165, 1.54) is 13.0 Å². The lowest BCUT2D eigenvalue weighted by atomic mass is 10.2. The van der Waals surface area contributed by atoms with Gasteiger partial charge in [-0.3, -0.25) is 4.79 Å². The molecule has 0 aliphatic carbocycles. The molecule has 0 N–H and O–H groups in total. The van der Waals surface area contributed by atoms with Crippen molar-refractivity contribution in [2.45, 2.75) is 6.92 Å². The van der Waals surface area contributed by atoms with Gasteiger partial charge in [0.15, 0.2) is 5.78 Å². The molecule has 124 valence electrons. The molecule has 2 rings (SSSR count). The highest BCUT2D eigenvalue weighted by Gasteiger charge is 2.17. The second-order valence-corrected chi connectivity index (χ2v) is 8.66. The van der Waals surface area contributed by atoms with Gasteiger partial charge < -0.3 is 0 Å². The van der Waals surface area contributed by atoms with E-state index >= 15 is 0 Å². The zero-order valence-corrected chi connectivity index (χ0v) is 16.7. The lowest BCUT2D eigenvalue weighted by Gasteiger charge is -2.06. The van der Waals surface area contributed by atoms with Crippen molar-refractivity contribution in [2.75, 3.05) is 0 Å². The highest BCUT2D eigenvalue weighted by atomic mass is 79.9. The van der Waals surface area contributed by atoms with Gasteiger partial charge >= 0.3 is 0 Å². The van der Waals surface area contributed by atoms with E-state index in [9.17, 15) is 13.2 Å². The number of hydrogen-bond donors (Lipinski definition) is 0. The quantitative estimate of drug-likeness (QED) is 0.563. The van der Waals surface area contributed by atoms with E-state index in [4.69, 9.17) is 0 Å². The third-order valence-corrected chi connectivity index (χ3v) is 5.60. The van der Waals surface area contributed by atoms with Gasteiger partial charge in [0.2, 0.25) is 9.84 Å². The minimum atomic E-state index is -3.76. The van der Waals surface area contributed by atoms with E-state index in [-0.39, 0.29) is 10.7 Å². The van der Waals surface area contributed by atoms with Crippen LogP contribution in [0.3, 0.4) is 0 Å². The van der Waals surface area contributed by atoms with Crippen molar-refractivity contribution in [3.8, 4) is 0 Å². The maximum Gasteiger partial charge on any atom is 0.200 e. The van der Waals surface area contributed by atoms with Gasteiger partial charge in [-0.05, 0) is 48.4 Å². The summed E-state index contributed by atoms with van der Waals surface area (Å²) in [6.45, 7) is 1.33. The van der Waals surface area contributed by atoms with E-state index < -0.39 is 9.84 Å². The summed E-state index contributed by atoms with van der Waals surface area (Å²) in [5, 5.41) is 1.12. The summed E-state index contributed by atoms with van der Waals surface area (Å²) in [5.74, 6) is -0.325. The largest absolute Gasteiger partial charge is 0.295 e. The first-order valence-corrected chi connectivity index (χ1v) is 10.1. The molecule has 0 aliphatic heterocycles. The van der Waals surface area contributed by atoms with Crippen LogP contribution in [0.25, 0.3) is 11.0 Å². The molecule has 24 heavy (non-hydrogen) atoms. The van der Waals surface area contributed by atoms with Crippen LogP contribution in [-0.4, -0.2) is 14.2 Å². The van der Waals surface area contributed by atoms with E-state index in [0.29, 0.717) is 5.56 Å². The van der Waals surface area contributed by atoms with Crippen molar-refractivity contribution >= 4 is 58.5 Å². The van der Waals surface area contributed by atoms with Crippen molar-refractivity contribution in [2.24, 2.45) is 0 Å². The third kappa shape index (κ3) is 5.26. The Labute approximate surface area is 158 Å². The van der Waals surface area contributed by atoms with Gasteiger partial charge in [0.05, 0.1) is 4.91 Å². The molecule has 0 aromatic heterocycles. The van der Waals surface area contributed by atoms with Crippen LogP contribution in [0.1, 0.15) is 18.1 Å². The Kier molecular flexibility index (Phi) is 6.32. The molecular formula is C18H14Br2O3S. The summed E-state index contributed by atoms with van der Waals surface area (Å²) < 4.78 is 27.1. The Morgan fingerprint density at radius 1 is 0.917 bits per heavy atom. The first-order valence-electron chi connectivity index (χ1n) is 6.95. The molecule has 0 radical (unpaired) electrons. The molecule has 0 atom stereocenters. The Hall–Kier alpha value is -1.50. The normalized spacial score (nSPS) is 12.5. The molecular weight excluding hydrogens is 456 g/mol. The summed E-state index contributed by atoms with van der Waals surface area (Å²) in [6, 6.07) is 14.0. The van der Waals surface area contributed by atoms with Crippen molar-refractivity contribution in [1.29, 1.82) is 0 Å². The van der Waals surface area contributed by atoms with Crippen LogP contribution in [0.5, 0.6) is 0 Å². The number of halogens is 2. The highest BCUT2D eigenvalue weighted by molar-refractivity contribution is 9.10. The minimum Gasteiger partial charge on any atom is -0.295 e. The van der Waals surface area contributed by atoms with Crippen LogP contribution in [0, 0.1) is 0 Å². The molecule has 0 saturated carbocycles. The number of benzene rings is 2. The minimum absolute atomic E-state index is 0.0177. The van der Waals surface area contributed by atoms with Crippen LogP contribution >= 0.6 is 31.9 Å². The number of rotatable bonds is 5. The lowest BCUT2D eigenvalue weighted by Crippen LogP contribution is -2.02. The number of ketones is 1. The van der Waals surface area contributed by atoms with E-state index in [2.05, 4.69) is 31.9 Å². The zero-order valence-electron chi connectivity index (χ0n) is 12.7. The van der Waals surface area contributed by atoms with E-state index in [0.717, 1.165) is 26.0 Å². The molecule has 6 heteroatoms. The SMILES string of the molecule is CC(=O)/C=C(/c1ccc(Br)cc1)S(=O)(=O)C=Cc1ccc(Br)cc1. The van der Waals surface area contributed by atoms with Gasteiger partial charge in [-0.25, -0.2) is 8.42 Å². The maximum absolute atomic E-state index is 12.7. The Bertz CT molecular complexity index is 894. The van der Waals surface area contributed by atoms with Crippen LogP contribution in [0.4, 0.5) is 0 Å². The van der Waals surface area contributed by atoms with E-state index in [1.54, 1.807) is 36.4 Å². The number of allylic oxidation sites excluding steroid dienone is 1. The second kappa shape index (κ2) is 8.05. The molecule has 0 bridgehead atoms. The van der Waals surface area contributed by atoms with Gasteiger partial charge in [-0.1, -0.05) is 56.1 Å². The average molecular weight is 470 g/mol. The molecule has 0 saturated heterocycles. The molecule has 3 nitrogen and oxygen atoms in total. The van der Waals surface area contributed by atoms with Crippen molar-refractivity contribution in [3.63, 3.8) is 0 Å². The third-order valence-electron chi connectivity index (χ3n) is 3.08.